The highest BCUT2D eigenvalue weighted by atomic mass is 16.5. The molecule has 0 unspecified atom stereocenters. The maximum Gasteiger partial charge on any atom is 0.324 e. The number of rotatable bonds is 2. The van der Waals surface area contributed by atoms with Gasteiger partial charge in [0.05, 0.1) is 6.61 Å². The summed E-state index contributed by atoms with van der Waals surface area (Å²) >= 11 is 0. The highest BCUT2D eigenvalue weighted by Crippen LogP contribution is 2.24. The Morgan fingerprint density at radius 3 is 3.05 bits per heavy atom. The van der Waals surface area contributed by atoms with Gasteiger partial charge in [-0.3, -0.25) is 0 Å². The lowest BCUT2D eigenvalue weighted by Crippen LogP contribution is -2.23. The van der Waals surface area contributed by atoms with Crippen LogP contribution in [0.25, 0.3) is 0 Å². The van der Waals surface area contributed by atoms with Crippen LogP contribution < -0.4 is 15.8 Å². The van der Waals surface area contributed by atoms with E-state index in [1.165, 1.54) is 5.46 Å². The molecule has 0 N–H and O–H groups in total. The number of benzene rings is 1. The Morgan fingerprint density at radius 2 is 2.25 bits per heavy atom. The Morgan fingerprint density at radius 1 is 1.40 bits per heavy atom. The number of fused-ring (bicyclic) bond motifs is 1. The third-order valence-corrected chi connectivity index (χ3v) is 3.26. The molecule has 0 atom stereocenters. The Hall–Kier alpha value is -2.25. The minimum absolute atomic E-state index is 0.110. The maximum absolute atomic E-state index is 9.05. The predicted molar refractivity (Wildman–Crippen MR) is 76.9 cm³/mol. The number of aromatic nitrogens is 1. The number of ether oxygens (including phenoxy) is 1. The zero-order valence-electron chi connectivity index (χ0n) is 11.0. The SMILES string of the molecule is [B]c1ccc(C#N)c(Oc2ccc3c(c2)COB3C)n1. The smallest absolute Gasteiger partial charge is 0.324 e. The van der Waals surface area contributed by atoms with E-state index in [0.29, 0.717) is 23.5 Å². The molecule has 2 heterocycles. The summed E-state index contributed by atoms with van der Waals surface area (Å²) in [5.41, 5.74) is 2.93. The third kappa shape index (κ3) is 2.28. The molecule has 0 bridgehead atoms. The largest absolute Gasteiger partial charge is 0.438 e. The van der Waals surface area contributed by atoms with Crippen molar-refractivity contribution in [2.45, 2.75) is 13.4 Å². The molecule has 3 rings (SSSR count). The van der Waals surface area contributed by atoms with E-state index in [-0.39, 0.29) is 12.8 Å². The highest BCUT2D eigenvalue weighted by Gasteiger charge is 2.23. The van der Waals surface area contributed by atoms with E-state index in [4.69, 9.17) is 22.5 Å². The summed E-state index contributed by atoms with van der Waals surface area (Å²) in [6.07, 6.45) is 0. The summed E-state index contributed by atoms with van der Waals surface area (Å²) in [5, 5.41) is 9.05. The van der Waals surface area contributed by atoms with Crippen LogP contribution in [0.4, 0.5) is 0 Å². The second-order valence-electron chi connectivity index (χ2n) is 4.62. The lowest BCUT2D eigenvalue weighted by Gasteiger charge is -2.08. The van der Waals surface area contributed by atoms with Gasteiger partial charge in [-0.15, -0.1) is 0 Å². The predicted octanol–water partition coefficient (Wildman–Crippen LogP) is 0.898. The Bertz CT molecular complexity index is 713. The van der Waals surface area contributed by atoms with Gasteiger partial charge in [0.15, 0.2) is 0 Å². The topological polar surface area (TPSA) is 55.1 Å². The molecule has 0 saturated heterocycles. The monoisotopic (exact) mass is 260 g/mol. The third-order valence-electron chi connectivity index (χ3n) is 3.26. The molecule has 94 valence electrons. The lowest BCUT2D eigenvalue weighted by molar-refractivity contribution is 0.333. The molecule has 4 nitrogen and oxygen atoms in total. The fourth-order valence-corrected chi connectivity index (χ4v) is 2.20. The van der Waals surface area contributed by atoms with E-state index in [2.05, 4.69) is 4.98 Å². The highest BCUT2D eigenvalue weighted by molar-refractivity contribution is 6.67. The molecule has 6 heteroatoms. The van der Waals surface area contributed by atoms with Crippen LogP contribution in [-0.4, -0.2) is 19.7 Å². The van der Waals surface area contributed by atoms with Gasteiger partial charge in [-0.25, -0.2) is 4.98 Å². The van der Waals surface area contributed by atoms with Crippen LogP contribution in [0, 0.1) is 11.3 Å². The van der Waals surface area contributed by atoms with Crippen LogP contribution in [0.2, 0.25) is 6.82 Å². The zero-order chi connectivity index (χ0) is 14.1. The maximum atomic E-state index is 9.05. The van der Waals surface area contributed by atoms with Gasteiger partial charge in [-0.2, -0.15) is 5.26 Å². The van der Waals surface area contributed by atoms with E-state index < -0.39 is 0 Å². The van der Waals surface area contributed by atoms with Crippen LogP contribution >= 0.6 is 0 Å². The molecule has 1 aromatic heterocycles. The first-order valence-corrected chi connectivity index (χ1v) is 6.26. The first kappa shape index (κ1) is 12.8. The summed E-state index contributed by atoms with van der Waals surface area (Å²) in [5.74, 6) is 0.843. The standard InChI is InChI=1S/C14H10B2N2O2/c1-16-12-4-3-11(6-10(12)8-19-16)20-14-9(7-17)2-5-13(15)18-14/h2-6H,8H2,1H3. The van der Waals surface area contributed by atoms with Gasteiger partial charge in [0.1, 0.15) is 25.2 Å². The van der Waals surface area contributed by atoms with Crippen molar-refractivity contribution in [1.82, 2.24) is 4.98 Å². The molecular formula is C14H10B2N2O2. The molecule has 0 aliphatic carbocycles. The van der Waals surface area contributed by atoms with Crippen LogP contribution in [0.15, 0.2) is 30.3 Å². The molecule has 20 heavy (non-hydrogen) atoms. The van der Waals surface area contributed by atoms with Crippen LogP contribution in [0.5, 0.6) is 11.6 Å². The molecule has 0 fully saturated rings. The minimum Gasteiger partial charge on any atom is -0.438 e. The minimum atomic E-state index is 0.110. The lowest BCUT2D eigenvalue weighted by atomic mass is 9.64. The van der Waals surface area contributed by atoms with Gasteiger partial charge in [0.25, 0.3) is 0 Å². The summed E-state index contributed by atoms with van der Waals surface area (Å²) in [7, 11) is 5.62. The van der Waals surface area contributed by atoms with Gasteiger partial charge in [-0.05, 0) is 40.9 Å². The molecule has 2 radical (unpaired) electrons. The van der Waals surface area contributed by atoms with Crippen molar-refractivity contribution in [1.29, 1.82) is 5.26 Å². The molecule has 1 aliphatic rings. The van der Waals surface area contributed by atoms with Gasteiger partial charge in [0.2, 0.25) is 5.88 Å². The van der Waals surface area contributed by atoms with Crippen molar-refractivity contribution < 1.29 is 9.39 Å². The van der Waals surface area contributed by atoms with Crippen LogP contribution in [-0.2, 0) is 11.3 Å². The van der Waals surface area contributed by atoms with Crippen molar-refractivity contribution in [3.63, 3.8) is 0 Å². The number of hydrogen-bond donors (Lipinski definition) is 0. The van der Waals surface area contributed by atoms with Gasteiger partial charge in [-0.1, -0.05) is 12.9 Å². The van der Waals surface area contributed by atoms with Crippen molar-refractivity contribution in [2.75, 3.05) is 0 Å². The molecule has 0 amide bonds. The van der Waals surface area contributed by atoms with Crippen LogP contribution in [0.1, 0.15) is 11.1 Å². The van der Waals surface area contributed by atoms with Crippen molar-refractivity contribution in [3.8, 4) is 17.7 Å². The van der Waals surface area contributed by atoms with Crippen LogP contribution in [0.3, 0.4) is 0 Å². The fraction of sp³-hybridized carbons (Fsp3) is 0.143. The second kappa shape index (κ2) is 5.03. The summed E-state index contributed by atoms with van der Waals surface area (Å²) < 4.78 is 11.2. The molecular weight excluding hydrogens is 250 g/mol. The Kier molecular flexibility index (Phi) is 3.21. The second-order valence-corrected chi connectivity index (χ2v) is 4.62. The van der Waals surface area contributed by atoms with Gasteiger partial charge >= 0.3 is 6.92 Å². The number of nitrogens with zero attached hydrogens (tertiary/aromatic N) is 2. The van der Waals surface area contributed by atoms with E-state index in [9.17, 15) is 0 Å². The summed E-state index contributed by atoms with van der Waals surface area (Å²) in [6, 6.07) is 10.9. The Labute approximate surface area is 118 Å². The normalized spacial score (nSPS) is 12.9. The van der Waals surface area contributed by atoms with E-state index in [1.54, 1.807) is 12.1 Å². The first-order valence-electron chi connectivity index (χ1n) is 6.26. The average molecular weight is 260 g/mol. The molecule has 1 aromatic carbocycles. The van der Waals surface area contributed by atoms with Gasteiger partial charge < -0.3 is 9.39 Å². The Balaban J connectivity index is 1.93. The van der Waals surface area contributed by atoms with Gasteiger partial charge in [0, 0.05) is 0 Å². The zero-order valence-corrected chi connectivity index (χ0v) is 11.0. The number of pyridine rings is 1. The van der Waals surface area contributed by atoms with E-state index >= 15 is 0 Å². The summed E-state index contributed by atoms with van der Waals surface area (Å²) in [4.78, 5) is 4.05. The average Bonchev–Trinajstić information content (AvgIpc) is 2.80. The van der Waals surface area contributed by atoms with E-state index in [0.717, 1.165) is 5.56 Å². The molecule has 0 spiro atoms. The van der Waals surface area contributed by atoms with Crippen molar-refractivity contribution >= 4 is 25.8 Å². The summed E-state index contributed by atoms with van der Waals surface area (Å²) in [6.45, 7) is 2.70. The van der Waals surface area contributed by atoms with E-state index in [1.807, 2.05) is 31.1 Å². The quantitative estimate of drug-likeness (QED) is 0.752. The molecule has 2 aromatic rings. The fourth-order valence-electron chi connectivity index (χ4n) is 2.20. The molecule has 1 aliphatic heterocycles. The molecule has 0 saturated carbocycles. The van der Waals surface area contributed by atoms with Crippen molar-refractivity contribution in [2.24, 2.45) is 0 Å². The first-order chi connectivity index (χ1) is 9.67. The number of hydrogen-bond acceptors (Lipinski definition) is 4. The number of nitriles is 1. The van der Waals surface area contributed by atoms with Crippen molar-refractivity contribution in [3.05, 3.63) is 41.5 Å².